The third-order valence-electron chi connectivity index (χ3n) is 4.31. The zero-order valence-corrected chi connectivity index (χ0v) is 16.7. The molecule has 0 saturated carbocycles. The Hall–Kier alpha value is -2.76. The summed E-state index contributed by atoms with van der Waals surface area (Å²) in [6.07, 6.45) is 2.73. The van der Waals surface area contributed by atoms with E-state index in [-0.39, 0.29) is 17.5 Å². The number of para-hydroxylation sites is 1. The van der Waals surface area contributed by atoms with E-state index < -0.39 is 5.97 Å². The molecule has 0 spiro atoms. The zero-order chi connectivity index (χ0) is 20.4. The summed E-state index contributed by atoms with van der Waals surface area (Å²) in [5, 5.41) is 13.5. The molecule has 144 valence electrons. The third kappa shape index (κ3) is 4.06. The number of anilines is 1. The van der Waals surface area contributed by atoms with Gasteiger partial charge in [-0.3, -0.25) is 4.79 Å². The fourth-order valence-corrected chi connectivity index (χ4v) is 3.65. The number of amides is 1. The Bertz CT molecular complexity index is 1100. The van der Waals surface area contributed by atoms with Gasteiger partial charge in [0.2, 0.25) is 5.91 Å². The molecule has 0 fully saturated rings. The summed E-state index contributed by atoms with van der Waals surface area (Å²) < 4.78 is 0. The number of halogens is 2. The number of hydrogen-bond acceptors (Lipinski definition) is 2. The fraction of sp³-hybridized carbons (Fsp3) is 0.143. The van der Waals surface area contributed by atoms with Crippen molar-refractivity contribution < 1.29 is 14.7 Å². The molecule has 1 aromatic heterocycles. The summed E-state index contributed by atoms with van der Waals surface area (Å²) in [4.78, 5) is 26.8. The van der Waals surface area contributed by atoms with Crippen molar-refractivity contribution in [2.24, 2.45) is 0 Å². The number of hydrogen-bond donors (Lipinski definition) is 3. The SMILES string of the molecule is CC(C)c1ccccc1NC(=O)C=Cc1c(C(=O)O)[nH]c2cc(Cl)cc(Cl)c12. The number of H-pyrrole nitrogens is 1. The molecule has 0 aliphatic heterocycles. The standard InChI is InChI=1S/C21H18Cl2N2O3/c1-11(2)13-5-3-4-6-16(13)24-18(26)8-7-14-19-15(23)9-12(22)10-17(19)25-20(14)21(27)28/h3-11,25H,1-2H3,(H,24,26)(H,27,28). The molecular formula is C21H18Cl2N2O3. The monoisotopic (exact) mass is 416 g/mol. The van der Waals surface area contributed by atoms with Crippen molar-refractivity contribution in [3.05, 3.63) is 69.3 Å². The van der Waals surface area contributed by atoms with Crippen LogP contribution in [0.15, 0.2) is 42.5 Å². The molecule has 7 heteroatoms. The zero-order valence-electron chi connectivity index (χ0n) is 15.2. The van der Waals surface area contributed by atoms with Crippen molar-refractivity contribution in [1.29, 1.82) is 0 Å². The minimum atomic E-state index is -1.16. The van der Waals surface area contributed by atoms with Crippen molar-refractivity contribution in [3.8, 4) is 0 Å². The highest BCUT2D eigenvalue weighted by Gasteiger charge is 2.18. The Morgan fingerprint density at radius 2 is 1.89 bits per heavy atom. The lowest BCUT2D eigenvalue weighted by molar-refractivity contribution is -0.111. The number of aromatic amines is 1. The first-order chi connectivity index (χ1) is 13.3. The summed E-state index contributed by atoms with van der Waals surface area (Å²) in [5.74, 6) is -1.28. The number of carboxylic acids is 1. The Kier molecular flexibility index (Phi) is 5.77. The van der Waals surface area contributed by atoms with Crippen LogP contribution in [0.3, 0.4) is 0 Å². The normalized spacial score (nSPS) is 11.5. The number of carbonyl (C=O) groups excluding carboxylic acids is 1. The van der Waals surface area contributed by atoms with Gasteiger partial charge in [0.05, 0.1) is 5.02 Å². The van der Waals surface area contributed by atoms with Crippen LogP contribution >= 0.6 is 23.2 Å². The summed E-state index contributed by atoms with van der Waals surface area (Å²) >= 11 is 12.2. The molecule has 0 unspecified atom stereocenters. The Morgan fingerprint density at radius 3 is 2.57 bits per heavy atom. The maximum absolute atomic E-state index is 12.4. The van der Waals surface area contributed by atoms with Gasteiger partial charge in [-0.1, -0.05) is 55.2 Å². The maximum atomic E-state index is 12.4. The molecule has 3 N–H and O–H groups in total. The highest BCUT2D eigenvalue weighted by Crippen LogP contribution is 2.33. The lowest BCUT2D eigenvalue weighted by Gasteiger charge is -2.12. The molecule has 0 radical (unpaired) electrons. The van der Waals surface area contributed by atoms with E-state index in [4.69, 9.17) is 23.2 Å². The maximum Gasteiger partial charge on any atom is 0.352 e. The van der Waals surface area contributed by atoms with Gasteiger partial charge >= 0.3 is 5.97 Å². The second-order valence-corrected chi connectivity index (χ2v) is 7.44. The van der Waals surface area contributed by atoms with E-state index in [2.05, 4.69) is 10.3 Å². The lowest BCUT2D eigenvalue weighted by Crippen LogP contribution is -2.10. The first-order valence-electron chi connectivity index (χ1n) is 8.60. The third-order valence-corrected chi connectivity index (χ3v) is 4.83. The van der Waals surface area contributed by atoms with Crippen LogP contribution in [-0.4, -0.2) is 22.0 Å². The fourth-order valence-electron chi connectivity index (χ4n) is 3.06. The molecule has 1 heterocycles. The van der Waals surface area contributed by atoms with E-state index in [0.29, 0.717) is 32.2 Å². The smallest absolute Gasteiger partial charge is 0.352 e. The minimum absolute atomic E-state index is 0.0641. The van der Waals surface area contributed by atoms with Gasteiger partial charge in [-0.2, -0.15) is 0 Å². The number of rotatable bonds is 5. The second kappa shape index (κ2) is 8.09. The van der Waals surface area contributed by atoms with Crippen LogP contribution in [0, 0.1) is 0 Å². The molecule has 0 aliphatic carbocycles. The van der Waals surface area contributed by atoms with Gasteiger partial charge in [-0.15, -0.1) is 0 Å². The van der Waals surface area contributed by atoms with Gasteiger partial charge in [0.1, 0.15) is 5.69 Å². The molecule has 28 heavy (non-hydrogen) atoms. The van der Waals surface area contributed by atoms with E-state index in [0.717, 1.165) is 5.56 Å². The number of carbonyl (C=O) groups is 2. The lowest BCUT2D eigenvalue weighted by atomic mass is 10.0. The molecule has 0 bridgehead atoms. The van der Waals surface area contributed by atoms with Crippen molar-refractivity contribution in [2.45, 2.75) is 19.8 Å². The predicted octanol–water partition coefficient (Wildman–Crippen LogP) is 5.95. The van der Waals surface area contributed by atoms with Gasteiger partial charge in [0.25, 0.3) is 0 Å². The topological polar surface area (TPSA) is 82.2 Å². The predicted molar refractivity (Wildman–Crippen MR) is 113 cm³/mol. The van der Waals surface area contributed by atoms with Crippen LogP contribution in [0.2, 0.25) is 10.0 Å². The van der Waals surface area contributed by atoms with Crippen LogP contribution in [0.5, 0.6) is 0 Å². The summed E-state index contributed by atoms with van der Waals surface area (Å²) in [5.41, 5.74) is 2.47. The molecule has 3 rings (SSSR count). The quantitative estimate of drug-likeness (QED) is 0.449. The Labute approximate surface area is 172 Å². The average Bonchev–Trinajstić information content (AvgIpc) is 2.99. The van der Waals surface area contributed by atoms with Crippen LogP contribution in [0.1, 0.15) is 41.4 Å². The largest absolute Gasteiger partial charge is 0.477 e. The van der Waals surface area contributed by atoms with Crippen LogP contribution < -0.4 is 5.32 Å². The van der Waals surface area contributed by atoms with Crippen LogP contribution in [0.25, 0.3) is 17.0 Å². The first-order valence-corrected chi connectivity index (χ1v) is 9.35. The molecule has 0 aliphatic rings. The molecule has 1 amide bonds. The average molecular weight is 417 g/mol. The van der Waals surface area contributed by atoms with Crippen molar-refractivity contribution in [3.63, 3.8) is 0 Å². The second-order valence-electron chi connectivity index (χ2n) is 6.59. The Morgan fingerprint density at radius 1 is 1.18 bits per heavy atom. The molecular weight excluding hydrogens is 399 g/mol. The number of nitrogens with one attached hydrogen (secondary N) is 2. The van der Waals surface area contributed by atoms with Gasteiger partial charge in [0, 0.05) is 33.3 Å². The van der Waals surface area contributed by atoms with E-state index in [9.17, 15) is 14.7 Å². The molecule has 2 aromatic carbocycles. The molecule has 3 aromatic rings. The molecule has 0 atom stereocenters. The van der Waals surface area contributed by atoms with E-state index in [1.807, 2.05) is 38.1 Å². The number of aromatic carboxylic acids is 1. The highest BCUT2D eigenvalue weighted by molar-refractivity contribution is 6.39. The summed E-state index contributed by atoms with van der Waals surface area (Å²) in [7, 11) is 0. The van der Waals surface area contributed by atoms with E-state index in [1.165, 1.54) is 18.2 Å². The number of benzene rings is 2. The Balaban J connectivity index is 1.96. The van der Waals surface area contributed by atoms with Gasteiger partial charge in [-0.05, 0) is 35.8 Å². The summed E-state index contributed by atoms with van der Waals surface area (Å²) in [6.45, 7) is 4.08. The highest BCUT2D eigenvalue weighted by atomic mass is 35.5. The number of carboxylic acid groups (broad SMARTS) is 1. The summed E-state index contributed by atoms with van der Waals surface area (Å²) in [6, 6.07) is 10.7. The minimum Gasteiger partial charge on any atom is -0.477 e. The van der Waals surface area contributed by atoms with E-state index in [1.54, 1.807) is 6.07 Å². The van der Waals surface area contributed by atoms with Gasteiger partial charge in [0.15, 0.2) is 0 Å². The van der Waals surface area contributed by atoms with Gasteiger partial charge < -0.3 is 15.4 Å². The molecule has 5 nitrogen and oxygen atoms in total. The number of fused-ring (bicyclic) bond motifs is 1. The number of aromatic nitrogens is 1. The van der Waals surface area contributed by atoms with Crippen LogP contribution in [0.4, 0.5) is 5.69 Å². The van der Waals surface area contributed by atoms with Crippen LogP contribution in [-0.2, 0) is 4.79 Å². The van der Waals surface area contributed by atoms with Gasteiger partial charge in [-0.25, -0.2) is 4.79 Å². The molecule has 0 saturated heterocycles. The van der Waals surface area contributed by atoms with Crippen molar-refractivity contribution in [1.82, 2.24) is 4.98 Å². The van der Waals surface area contributed by atoms with E-state index >= 15 is 0 Å². The van der Waals surface area contributed by atoms with Crippen molar-refractivity contribution >= 4 is 57.7 Å². The first kappa shape index (κ1) is 20.0. The van der Waals surface area contributed by atoms with Crippen molar-refractivity contribution in [2.75, 3.05) is 5.32 Å².